The first-order valence-electron chi connectivity index (χ1n) is 6.74. The monoisotopic (exact) mass is 325 g/mol. The van der Waals surface area contributed by atoms with E-state index in [1.807, 2.05) is 0 Å². The minimum Gasteiger partial charge on any atom is -0.386 e. The molecule has 1 heterocycles. The summed E-state index contributed by atoms with van der Waals surface area (Å²) in [5.74, 6) is -0.797. The fraction of sp³-hybridized carbons (Fsp3) is 0.333. The van der Waals surface area contributed by atoms with Crippen molar-refractivity contribution in [2.45, 2.75) is 26.0 Å². The molecule has 22 heavy (non-hydrogen) atoms. The summed E-state index contributed by atoms with van der Waals surface area (Å²) >= 11 is 6.04. The normalized spacial score (nSPS) is 13.7. The van der Waals surface area contributed by atoms with Crippen molar-refractivity contribution < 1.29 is 14.3 Å². The standard InChI is InChI=1S/C15H17ClFN3O2/c1-8-12(14(16)20(3)19-8)15(22)18-9(2)13(21)10-4-6-11(17)7-5-10/h4-7,9,13,21H,1-3H3,(H,18,22). The Hall–Kier alpha value is -1.92. The van der Waals surface area contributed by atoms with Gasteiger partial charge in [0.15, 0.2) is 0 Å². The van der Waals surface area contributed by atoms with E-state index in [0.717, 1.165) is 0 Å². The quantitative estimate of drug-likeness (QED) is 0.907. The minimum atomic E-state index is -0.958. The Kier molecular flexibility index (Phi) is 4.83. The summed E-state index contributed by atoms with van der Waals surface area (Å²) in [6.45, 7) is 3.34. The molecule has 0 saturated heterocycles. The van der Waals surface area contributed by atoms with Gasteiger partial charge < -0.3 is 10.4 Å². The zero-order valence-corrected chi connectivity index (χ0v) is 13.2. The van der Waals surface area contributed by atoms with Gasteiger partial charge in [0.2, 0.25) is 0 Å². The summed E-state index contributed by atoms with van der Waals surface area (Å²) in [5.41, 5.74) is 1.30. The average Bonchev–Trinajstić information content (AvgIpc) is 2.72. The molecule has 7 heteroatoms. The Bertz CT molecular complexity index is 685. The molecule has 0 saturated carbocycles. The van der Waals surface area contributed by atoms with Crippen LogP contribution in [0, 0.1) is 12.7 Å². The highest BCUT2D eigenvalue weighted by atomic mass is 35.5. The van der Waals surface area contributed by atoms with Crippen molar-refractivity contribution in [2.24, 2.45) is 7.05 Å². The number of amides is 1. The summed E-state index contributed by atoms with van der Waals surface area (Å²) in [6, 6.07) is 4.90. The van der Waals surface area contributed by atoms with Crippen molar-refractivity contribution in [1.29, 1.82) is 0 Å². The molecule has 0 spiro atoms. The average molecular weight is 326 g/mol. The number of hydrogen-bond donors (Lipinski definition) is 2. The van der Waals surface area contributed by atoms with Gasteiger partial charge in [0, 0.05) is 7.05 Å². The fourth-order valence-corrected chi connectivity index (χ4v) is 2.45. The number of benzene rings is 1. The first kappa shape index (κ1) is 16.5. The summed E-state index contributed by atoms with van der Waals surface area (Å²) in [5, 5.41) is 17.2. The van der Waals surface area contributed by atoms with Gasteiger partial charge in [-0.25, -0.2) is 4.39 Å². The third-order valence-corrected chi connectivity index (χ3v) is 3.86. The van der Waals surface area contributed by atoms with Crippen molar-refractivity contribution in [3.8, 4) is 0 Å². The van der Waals surface area contributed by atoms with E-state index in [1.54, 1.807) is 20.9 Å². The van der Waals surface area contributed by atoms with Gasteiger partial charge in [-0.15, -0.1) is 0 Å². The number of aliphatic hydroxyl groups is 1. The highest BCUT2D eigenvalue weighted by Crippen LogP contribution is 2.21. The predicted octanol–water partition coefficient (Wildman–Crippen LogP) is 2.37. The summed E-state index contributed by atoms with van der Waals surface area (Å²) in [6.07, 6.45) is -0.958. The van der Waals surface area contributed by atoms with Crippen LogP contribution in [-0.4, -0.2) is 26.8 Å². The maximum Gasteiger partial charge on any atom is 0.256 e. The van der Waals surface area contributed by atoms with Crippen LogP contribution >= 0.6 is 11.6 Å². The molecular formula is C15H17ClFN3O2. The number of hydrogen-bond acceptors (Lipinski definition) is 3. The molecule has 1 aromatic heterocycles. The van der Waals surface area contributed by atoms with E-state index >= 15 is 0 Å². The van der Waals surface area contributed by atoms with E-state index in [0.29, 0.717) is 11.3 Å². The van der Waals surface area contributed by atoms with E-state index in [-0.39, 0.29) is 16.5 Å². The number of rotatable bonds is 4. The molecule has 0 radical (unpaired) electrons. The molecule has 5 nitrogen and oxygen atoms in total. The molecule has 0 fully saturated rings. The highest BCUT2D eigenvalue weighted by molar-refractivity contribution is 6.33. The van der Waals surface area contributed by atoms with E-state index in [4.69, 9.17) is 11.6 Å². The number of nitrogens with one attached hydrogen (secondary N) is 1. The van der Waals surface area contributed by atoms with Gasteiger partial charge in [-0.05, 0) is 31.5 Å². The first-order chi connectivity index (χ1) is 10.3. The van der Waals surface area contributed by atoms with Crippen LogP contribution in [0.1, 0.15) is 34.6 Å². The van der Waals surface area contributed by atoms with Crippen LogP contribution in [0.4, 0.5) is 4.39 Å². The molecule has 2 N–H and O–H groups in total. The molecule has 0 bridgehead atoms. The third kappa shape index (κ3) is 3.28. The second-order valence-electron chi connectivity index (χ2n) is 5.13. The van der Waals surface area contributed by atoms with Gasteiger partial charge in [0.25, 0.3) is 5.91 Å². The molecule has 2 unspecified atom stereocenters. The lowest BCUT2D eigenvalue weighted by molar-refractivity contribution is 0.0851. The second-order valence-corrected chi connectivity index (χ2v) is 5.49. The molecule has 118 valence electrons. The number of aryl methyl sites for hydroxylation is 2. The minimum absolute atomic E-state index is 0.235. The van der Waals surface area contributed by atoms with Gasteiger partial charge in [-0.1, -0.05) is 23.7 Å². The Balaban J connectivity index is 2.12. The summed E-state index contributed by atoms with van der Waals surface area (Å²) in [7, 11) is 1.64. The predicted molar refractivity (Wildman–Crippen MR) is 81.2 cm³/mol. The lowest BCUT2D eigenvalue weighted by atomic mass is 10.0. The van der Waals surface area contributed by atoms with Crippen LogP contribution in [-0.2, 0) is 7.05 Å². The van der Waals surface area contributed by atoms with Crippen LogP contribution in [0.5, 0.6) is 0 Å². The van der Waals surface area contributed by atoms with Crippen LogP contribution in [0.2, 0.25) is 5.15 Å². The van der Waals surface area contributed by atoms with Crippen molar-refractivity contribution in [2.75, 3.05) is 0 Å². The van der Waals surface area contributed by atoms with Crippen LogP contribution < -0.4 is 5.32 Å². The van der Waals surface area contributed by atoms with Crippen LogP contribution in [0.25, 0.3) is 0 Å². The van der Waals surface area contributed by atoms with Gasteiger partial charge >= 0.3 is 0 Å². The number of carbonyl (C=O) groups is 1. The van der Waals surface area contributed by atoms with E-state index in [2.05, 4.69) is 10.4 Å². The highest BCUT2D eigenvalue weighted by Gasteiger charge is 2.23. The van der Waals surface area contributed by atoms with Crippen molar-refractivity contribution in [1.82, 2.24) is 15.1 Å². The molecule has 0 aliphatic carbocycles. The number of nitrogens with zero attached hydrogens (tertiary/aromatic N) is 2. The number of halogens is 2. The molecule has 1 amide bonds. The van der Waals surface area contributed by atoms with Gasteiger partial charge in [-0.2, -0.15) is 5.10 Å². The summed E-state index contributed by atoms with van der Waals surface area (Å²) < 4.78 is 14.3. The maximum atomic E-state index is 12.9. The Morgan fingerprint density at radius 2 is 2.00 bits per heavy atom. The number of aromatic nitrogens is 2. The van der Waals surface area contributed by atoms with Crippen molar-refractivity contribution >= 4 is 17.5 Å². The van der Waals surface area contributed by atoms with Crippen molar-refractivity contribution in [3.05, 3.63) is 52.1 Å². The lowest BCUT2D eigenvalue weighted by Gasteiger charge is -2.20. The van der Waals surface area contributed by atoms with E-state index in [9.17, 15) is 14.3 Å². The molecule has 0 aliphatic rings. The molecular weight excluding hydrogens is 309 g/mol. The second kappa shape index (κ2) is 6.46. The van der Waals surface area contributed by atoms with Gasteiger partial charge in [-0.3, -0.25) is 9.48 Å². The molecule has 0 aliphatic heterocycles. The van der Waals surface area contributed by atoms with Gasteiger partial charge in [0.1, 0.15) is 11.0 Å². The zero-order chi connectivity index (χ0) is 16.4. The Morgan fingerprint density at radius 3 is 2.50 bits per heavy atom. The molecule has 1 aromatic carbocycles. The van der Waals surface area contributed by atoms with E-state index < -0.39 is 18.1 Å². The zero-order valence-electron chi connectivity index (χ0n) is 12.5. The maximum absolute atomic E-state index is 12.9. The topological polar surface area (TPSA) is 67.2 Å². The molecule has 2 aromatic rings. The van der Waals surface area contributed by atoms with Crippen molar-refractivity contribution in [3.63, 3.8) is 0 Å². The number of carbonyl (C=O) groups excluding carboxylic acids is 1. The van der Waals surface area contributed by atoms with Crippen LogP contribution in [0.15, 0.2) is 24.3 Å². The largest absolute Gasteiger partial charge is 0.386 e. The fourth-order valence-electron chi connectivity index (χ4n) is 2.19. The first-order valence-corrected chi connectivity index (χ1v) is 7.12. The van der Waals surface area contributed by atoms with E-state index in [1.165, 1.54) is 28.9 Å². The third-order valence-electron chi connectivity index (χ3n) is 3.42. The molecule has 2 atom stereocenters. The Morgan fingerprint density at radius 1 is 1.41 bits per heavy atom. The smallest absolute Gasteiger partial charge is 0.256 e. The summed E-state index contributed by atoms with van der Waals surface area (Å²) in [4.78, 5) is 12.3. The van der Waals surface area contributed by atoms with Crippen LogP contribution in [0.3, 0.4) is 0 Å². The van der Waals surface area contributed by atoms with Gasteiger partial charge in [0.05, 0.1) is 23.4 Å². The number of aliphatic hydroxyl groups excluding tert-OH is 1. The molecule has 2 rings (SSSR count). The Labute approximate surface area is 132 Å². The SMILES string of the molecule is Cc1nn(C)c(Cl)c1C(=O)NC(C)C(O)c1ccc(F)cc1. The lowest BCUT2D eigenvalue weighted by Crippen LogP contribution is -2.37.